The molecule has 0 aromatic rings. The predicted molar refractivity (Wildman–Crippen MR) is 55.8 cm³/mol. The van der Waals surface area contributed by atoms with Crippen LogP contribution in [0.15, 0.2) is 35.0 Å². The number of allylic oxidation sites excluding steroid dienone is 2. The van der Waals surface area contributed by atoms with Crippen LogP contribution in [0.5, 0.6) is 0 Å². The van der Waals surface area contributed by atoms with Crippen molar-refractivity contribution < 1.29 is 25.4 Å². The summed E-state index contributed by atoms with van der Waals surface area (Å²) in [5.41, 5.74) is 0. The SMILES string of the molecule is C=C/C=C(/[I-]P)C(C)NC(=O)C=C. The molecule has 2 unspecified atom stereocenters. The van der Waals surface area contributed by atoms with E-state index in [0.717, 1.165) is 0 Å². The van der Waals surface area contributed by atoms with Crippen LogP contribution in [0, 0.1) is 0 Å². The van der Waals surface area contributed by atoms with E-state index in [1.54, 1.807) is 6.08 Å². The molecule has 0 aliphatic rings. The first-order valence-corrected chi connectivity index (χ1v) is 9.00. The second kappa shape index (κ2) is 7.27. The summed E-state index contributed by atoms with van der Waals surface area (Å²) >= 11 is -0.0849. The van der Waals surface area contributed by atoms with E-state index >= 15 is 0 Å². The van der Waals surface area contributed by atoms with Gasteiger partial charge in [-0.25, -0.2) is 0 Å². The van der Waals surface area contributed by atoms with E-state index in [2.05, 4.69) is 25.4 Å². The van der Waals surface area contributed by atoms with Gasteiger partial charge in [0.15, 0.2) is 0 Å². The van der Waals surface area contributed by atoms with E-state index in [4.69, 9.17) is 0 Å². The first kappa shape index (κ1) is 12.8. The van der Waals surface area contributed by atoms with Gasteiger partial charge in [-0.2, -0.15) is 0 Å². The third-order valence-corrected chi connectivity index (χ3v) is 5.06. The van der Waals surface area contributed by atoms with Crippen molar-refractivity contribution in [1.82, 2.24) is 5.32 Å². The summed E-state index contributed by atoms with van der Waals surface area (Å²) in [4.78, 5) is 11.0. The Morgan fingerprint density at radius 1 is 1.62 bits per heavy atom. The summed E-state index contributed by atoms with van der Waals surface area (Å²) in [6, 6.07) is 0.0776. The first-order chi connectivity index (χ1) is 6.15. The Hall–Kier alpha value is -0.150. The number of carbonyl (C=O) groups is 1. The van der Waals surface area contributed by atoms with E-state index < -0.39 is 0 Å². The fourth-order valence-electron chi connectivity index (χ4n) is 0.729. The van der Waals surface area contributed by atoms with Crippen molar-refractivity contribution >= 4 is 12.8 Å². The molecule has 0 spiro atoms. The van der Waals surface area contributed by atoms with Gasteiger partial charge in [0.05, 0.1) is 0 Å². The molecule has 74 valence electrons. The molecule has 0 fully saturated rings. The quantitative estimate of drug-likeness (QED) is 0.289. The second-order valence-electron chi connectivity index (χ2n) is 2.33. The Labute approximate surface area is 91.4 Å². The second-order valence-corrected chi connectivity index (χ2v) is 5.66. The van der Waals surface area contributed by atoms with Crippen molar-refractivity contribution in [3.8, 4) is 0 Å². The molecule has 1 N–H and O–H groups in total. The van der Waals surface area contributed by atoms with E-state index in [0.29, 0.717) is 0 Å². The molecule has 0 rings (SSSR count). The molecule has 4 heteroatoms. The van der Waals surface area contributed by atoms with Crippen LogP contribution in [0.25, 0.3) is 0 Å². The minimum absolute atomic E-state index is 0.0776. The summed E-state index contributed by atoms with van der Waals surface area (Å²) in [5.74, 6) is -0.134. The molecule has 2 nitrogen and oxygen atoms in total. The third-order valence-electron chi connectivity index (χ3n) is 1.36. The molecule has 1 amide bonds. The van der Waals surface area contributed by atoms with Crippen LogP contribution in [0.1, 0.15) is 6.92 Å². The average Bonchev–Trinajstić information content (AvgIpc) is 2.13. The number of halogens is 1. The van der Waals surface area contributed by atoms with Gasteiger partial charge in [0.2, 0.25) is 0 Å². The Morgan fingerprint density at radius 3 is 2.62 bits per heavy atom. The summed E-state index contributed by atoms with van der Waals surface area (Å²) in [7, 11) is 0. The molecule has 0 aliphatic carbocycles. The fraction of sp³-hybridized carbons (Fsp3) is 0.222. The van der Waals surface area contributed by atoms with E-state index in [1.807, 2.05) is 13.0 Å². The van der Waals surface area contributed by atoms with Crippen LogP contribution in [-0.2, 0) is 4.79 Å². The van der Waals surface area contributed by atoms with Crippen molar-refractivity contribution in [1.29, 1.82) is 0 Å². The van der Waals surface area contributed by atoms with Crippen molar-refractivity contribution in [3.05, 3.63) is 35.0 Å². The fourth-order valence-corrected chi connectivity index (χ4v) is 3.64. The molecule has 0 heterocycles. The van der Waals surface area contributed by atoms with E-state index in [9.17, 15) is 4.79 Å². The Morgan fingerprint density at radius 2 is 2.23 bits per heavy atom. The van der Waals surface area contributed by atoms with Crippen molar-refractivity contribution in [2.24, 2.45) is 0 Å². The Kier molecular flexibility index (Phi) is 7.19. The van der Waals surface area contributed by atoms with Gasteiger partial charge in [0.1, 0.15) is 0 Å². The van der Waals surface area contributed by atoms with Gasteiger partial charge in [0.25, 0.3) is 0 Å². The summed E-state index contributed by atoms with van der Waals surface area (Å²) in [5, 5.41) is 2.81. The average molecular weight is 310 g/mol. The molecule has 0 aliphatic heterocycles. The van der Waals surface area contributed by atoms with E-state index in [-0.39, 0.29) is 32.6 Å². The van der Waals surface area contributed by atoms with Gasteiger partial charge in [-0.3, -0.25) is 0 Å². The van der Waals surface area contributed by atoms with Gasteiger partial charge in [-0.1, -0.05) is 0 Å². The molecular weight excluding hydrogens is 296 g/mol. The molecule has 2 atom stereocenters. The molecule has 0 aromatic heterocycles. The number of rotatable bonds is 5. The Bertz CT molecular complexity index is 238. The maximum absolute atomic E-state index is 11.0. The number of hydrogen-bond donors (Lipinski definition) is 1. The van der Waals surface area contributed by atoms with Crippen LogP contribution in [0.2, 0.25) is 0 Å². The van der Waals surface area contributed by atoms with Gasteiger partial charge in [-0.15, -0.1) is 0 Å². The maximum atomic E-state index is 11.0. The van der Waals surface area contributed by atoms with Crippen LogP contribution >= 0.6 is 6.88 Å². The van der Waals surface area contributed by atoms with Crippen molar-refractivity contribution in [2.45, 2.75) is 13.0 Å². The zero-order valence-corrected chi connectivity index (χ0v) is 10.9. The molecule has 0 saturated heterocycles. The number of nitrogens with one attached hydrogen (secondary N) is 1. The van der Waals surface area contributed by atoms with Crippen LogP contribution in [0.4, 0.5) is 0 Å². The Balaban J connectivity index is 4.29. The molecule has 13 heavy (non-hydrogen) atoms. The predicted octanol–water partition coefficient (Wildman–Crippen LogP) is -1.37. The normalized spacial score (nSPS) is 13.5. The summed E-state index contributed by atoms with van der Waals surface area (Å²) < 4.78 is 1.23. The molecule has 0 bridgehead atoms. The summed E-state index contributed by atoms with van der Waals surface area (Å²) in [6.07, 6.45) is 4.98. The first-order valence-electron chi connectivity index (χ1n) is 3.74. The van der Waals surface area contributed by atoms with Gasteiger partial charge < -0.3 is 0 Å². The van der Waals surface area contributed by atoms with Gasteiger partial charge in [0, 0.05) is 0 Å². The van der Waals surface area contributed by atoms with Crippen molar-refractivity contribution in [3.63, 3.8) is 0 Å². The number of hydrogen-bond acceptors (Lipinski definition) is 1. The minimum atomic E-state index is -0.134. The van der Waals surface area contributed by atoms with Crippen molar-refractivity contribution in [2.75, 3.05) is 0 Å². The topological polar surface area (TPSA) is 29.1 Å². The van der Waals surface area contributed by atoms with Crippen LogP contribution in [0.3, 0.4) is 0 Å². The number of amides is 1. The number of carbonyl (C=O) groups excluding carboxylic acids is 1. The monoisotopic (exact) mass is 310 g/mol. The molecule has 0 radical (unpaired) electrons. The standard InChI is InChI=1S/C9H14INOP/c1-4-6-8(10-13)7(3)11-9(12)5-2/h4-7H,1-2,13H2,3H3,(H,11,12)/q-1/b8-6+. The zero-order valence-electron chi connectivity index (χ0n) is 7.59. The van der Waals surface area contributed by atoms with E-state index in [1.165, 1.54) is 9.66 Å². The third kappa shape index (κ3) is 5.21. The van der Waals surface area contributed by atoms with Gasteiger partial charge in [-0.05, 0) is 0 Å². The van der Waals surface area contributed by atoms with Crippen LogP contribution < -0.4 is 26.0 Å². The molecular formula is C9H14INOP-. The van der Waals surface area contributed by atoms with Gasteiger partial charge >= 0.3 is 91.5 Å². The zero-order chi connectivity index (χ0) is 10.3. The summed E-state index contributed by atoms with van der Waals surface area (Å²) in [6.45, 7) is 11.7. The molecule has 0 saturated carbocycles. The van der Waals surface area contributed by atoms with Crippen LogP contribution in [-0.4, -0.2) is 11.9 Å². The molecule has 0 aromatic carbocycles.